The van der Waals surface area contributed by atoms with Gasteiger partial charge in [0.25, 0.3) is 5.92 Å². The Kier molecular flexibility index (Phi) is 4.64. The van der Waals surface area contributed by atoms with Crippen molar-refractivity contribution in [2.75, 3.05) is 0 Å². The van der Waals surface area contributed by atoms with E-state index in [-0.39, 0.29) is 18.4 Å². The van der Waals surface area contributed by atoms with Crippen molar-refractivity contribution in [3.05, 3.63) is 35.4 Å². The van der Waals surface area contributed by atoms with Gasteiger partial charge in [-0.1, -0.05) is 44.0 Å². The Bertz CT molecular complexity index is 488. The average Bonchev–Trinajstić information content (AvgIpc) is 2.85. The van der Waals surface area contributed by atoms with Crippen molar-refractivity contribution in [3.8, 4) is 0 Å². The van der Waals surface area contributed by atoms with Crippen molar-refractivity contribution in [2.24, 2.45) is 5.41 Å². The molecule has 2 rings (SSSR count). The molecule has 1 saturated carbocycles. The Morgan fingerprint density at radius 3 is 2.29 bits per heavy atom. The lowest BCUT2D eigenvalue weighted by Crippen LogP contribution is -2.29. The minimum absolute atomic E-state index is 0.00337. The number of carbonyl (C=O) groups is 1. The van der Waals surface area contributed by atoms with E-state index in [1.165, 1.54) is 12.1 Å². The van der Waals surface area contributed by atoms with Crippen molar-refractivity contribution in [3.63, 3.8) is 0 Å². The summed E-state index contributed by atoms with van der Waals surface area (Å²) in [7, 11) is 0. The zero-order chi connectivity index (χ0) is 15.5. The topological polar surface area (TPSA) is 37.3 Å². The molecule has 0 unspecified atom stereocenters. The molecule has 1 aliphatic carbocycles. The van der Waals surface area contributed by atoms with Gasteiger partial charge >= 0.3 is 5.97 Å². The van der Waals surface area contributed by atoms with Crippen LogP contribution in [0.2, 0.25) is 0 Å². The van der Waals surface area contributed by atoms with Gasteiger partial charge in [-0.15, -0.1) is 0 Å². The molecule has 0 saturated heterocycles. The fourth-order valence-electron chi connectivity index (χ4n) is 3.42. The molecule has 2 nitrogen and oxygen atoms in total. The molecular formula is C17H22F2O2. The fraction of sp³-hybridized carbons (Fsp3) is 0.588. The van der Waals surface area contributed by atoms with Gasteiger partial charge in [0.2, 0.25) is 0 Å². The molecule has 0 atom stereocenters. The van der Waals surface area contributed by atoms with Crippen LogP contribution >= 0.6 is 0 Å². The summed E-state index contributed by atoms with van der Waals surface area (Å²) in [5.41, 5.74) is 0.269. The second-order valence-electron chi connectivity index (χ2n) is 6.21. The first-order chi connectivity index (χ1) is 9.87. The number of hydrogen-bond acceptors (Lipinski definition) is 1. The van der Waals surface area contributed by atoms with Gasteiger partial charge in [0, 0.05) is 12.0 Å². The van der Waals surface area contributed by atoms with Crippen LogP contribution < -0.4 is 0 Å². The second-order valence-corrected chi connectivity index (χ2v) is 6.21. The van der Waals surface area contributed by atoms with E-state index in [0.29, 0.717) is 12.8 Å². The Morgan fingerprint density at radius 2 is 1.81 bits per heavy atom. The number of alkyl halides is 2. The van der Waals surface area contributed by atoms with Crippen LogP contribution in [0.3, 0.4) is 0 Å². The molecule has 1 N–H and O–H groups in total. The van der Waals surface area contributed by atoms with E-state index in [2.05, 4.69) is 0 Å². The van der Waals surface area contributed by atoms with Crippen LogP contribution in [0.25, 0.3) is 0 Å². The number of carboxylic acid groups (broad SMARTS) is 1. The van der Waals surface area contributed by atoms with E-state index < -0.39 is 17.3 Å². The third-order valence-corrected chi connectivity index (χ3v) is 4.57. The summed E-state index contributed by atoms with van der Waals surface area (Å²) >= 11 is 0. The third-order valence-electron chi connectivity index (χ3n) is 4.57. The predicted octanol–water partition coefficient (Wildman–Crippen LogP) is 4.77. The van der Waals surface area contributed by atoms with E-state index >= 15 is 0 Å². The molecule has 0 spiro atoms. The zero-order valence-electron chi connectivity index (χ0n) is 12.4. The summed E-state index contributed by atoms with van der Waals surface area (Å²) in [5, 5.41) is 9.03. The van der Waals surface area contributed by atoms with Crippen LogP contribution in [-0.2, 0) is 17.1 Å². The molecule has 0 heterocycles. The van der Waals surface area contributed by atoms with Crippen LogP contribution in [0.4, 0.5) is 8.78 Å². The van der Waals surface area contributed by atoms with Gasteiger partial charge in [-0.3, -0.25) is 4.79 Å². The van der Waals surface area contributed by atoms with Gasteiger partial charge in [0.15, 0.2) is 0 Å². The molecule has 0 bridgehead atoms. The minimum atomic E-state index is -2.97. The predicted molar refractivity (Wildman–Crippen MR) is 77.5 cm³/mol. The summed E-state index contributed by atoms with van der Waals surface area (Å²) in [6, 6.07) is 6.40. The Morgan fingerprint density at radius 1 is 1.24 bits per heavy atom. The quantitative estimate of drug-likeness (QED) is 0.821. The highest BCUT2D eigenvalue weighted by atomic mass is 19.3. The lowest BCUT2D eigenvalue weighted by molar-refractivity contribution is -0.141. The van der Waals surface area contributed by atoms with Crippen LogP contribution in [0.5, 0.6) is 0 Å². The van der Waals surface area contributed by atoms with Crippen LogP contribution in [0, 0.1) is 5.41 Å². The van der Waals surface area contributed by atoms with Crippen LogP contribution in [-0.4, -0.2) is 11.1 Å². The van der Waals surface area contributed by atoms with Gasteiger partial charge in [-0.05, 0) is 30.2 Å². The lowest BCUT2D eigenvalue weighted by atomic mass is 9.76. The number of aryl methyl sites for hydroxylation is 1. The third kappa shape index (κ3) is 3.80. The summed E-state index contributed by atoms with van der Waals surface area (Å²) in [6.45, 7) is 1.98. The maximum absolute atomic E-state index is 14.5. The molecule has 21 heavy (non-hydrogen) atoms. The smallest absolute Gasteiger partial charge is 0.303 e. The molecular weight excluding hydrogens is 274 g/mol. The highest BCUT2D eigenvalue weighted by Gasteiger charge is 2.45. The van der Waals surface area contributed by atoms with Gasteiger partial charge in [-0.2, -0.15) is 0 Å². The van der Waals surface area contributed by atoms with Crippen molar-refractivity contribution >= 4 is 5.97 Å². The standard InChI is InChI=1S/C17H22F2O2/c1-2-13-5-7-14(8-6-13)17(18,19)12-16(11-15(20)21)9-3-4-10-16/h5-8H,2-4,9-12H2,1H3,(H,20,21). The highest BCUT2D eigenvalue weighted by Crippen LogP contribution is 2.50. The van der Waals surface area contributed by atoms with Crippen LogP contribution in [0.15, 0.2) is 24.3 Å². The molecule has 1 aromatic carbocycles. The maximum Gasteiger partial charge on any atom is 0.303 e. The van der Waals surface area contributed by atoms with E-state index in [1.807, 2.05) is 6.92 Å². The van der Waals surface area contributed by atoms with Crippen molar-refractivity contribution in [2.45, 2.75) is 57.8 Å². The molecule has 0 aromatic heterocycles. The van der Waals surface area contributed by atoms with Crippen LogP contribution in [0.1, 0.15) is 56.6 Å². The van der Waals surface area contributed by atoms with Crippen molar-refractivity contribution < 1.29 is 18.7 Å². The van der Waals surface area contributed by atoms with E-state index in [9.17, 15) is 13.6 Å². The minimum Gasteiger partial charge on any atom is -0.481 e. The molecule has 1 fully saturated rings. The first kappa shape index (κ1) is 15.9. The summed E-state index contributed by atoms with van der Waals surface area (Å²) in [4.78, 5) is 11.0. The number of hydrogen-bond donors (Lipinski definition) is 1. The van der Waals surface area contributed by atoms with Gasteiger partial charge in [0.1, 0.15) is 0 Å². The first-order valence-electron chi connectivity index (χ1n) is 7.56. The number of aliphatic carboxylic acids is 1. The normalized spacial score (nSPS) is 17.9. The van der Waals surface area contributed by atoms with Gasteiger partial charge in [0.05, 0.1) is 6.42 Å². The summed E-state index contributed by atoms with van der Waals surface area (Å²) in [5.74, 6) is -3.94. The molecule has 116 valence electrons. The fourth-order valence-corrected chi connectivity index (χ4v) is 3.42. The lowest BCUT2D eigenvalue weighted by Gasteiger charge is -2.31. The van der Waals surface area contributed by atoms with Crippen molar-refractivity contribution in [1.29, 1.82) is 0 Å². The monoisotopic (exact) mass is 296 g/mol. The molecule has 1 aliphatic rings. The number of rotatable bonds is 6. The van der Waals surface area contributed by atoms with E-state index in [0.717, 1.165) is 24.8 Å². The maximum atomic E-state index is 14.5. The molecule has 4 heteroatoms. The van der Waals surface area contributed by atoms with Gasteiger partial charge < -0.3 is 5.11 Å². The molecule has 1 aromatic rings. The zero-order valence-corrected chi connectivity index (χ0v) is 12.4. The summed E-state index contributed by atoms with van der Waals surface area (Å²) < 4.78 is 29.1. The number of benzene rings is 1. The second kappa shape index (κ2) is 6.12. The Hall–Kier alpha value is -1.45. The Balaban J connectivity index is 2.18. The average molecular weight is 296 g/mol. The molecule has 0 amide bonds. The molecule has 0 aliphatic heterocycles. The number of carboxylic acids is 1. The molecule has 0 radical (unpaired) electrons. The highest BCUT2D eigenvalue weighted by molar-refractivity contribution is 5.67. The van der Waals surface area contributed by atoms with Crippen molar-refractivity contribution in [1.82, 2.24) is 0 Å². The Labute approximate surface area is 124 Å². The van der Waals surface area contributed by atoms with Gasteiger partial charge in [-0.25, -0.2) is 8.78 Å². The number of halogens is 2. The summed E-state index contributed by atoms with van der Waals surface area (Å²) in [6.07, 6.45) is 3.16. The SMILES string of the molecule is CCc1ccc(C(F)(F)CC2(CC(=O)O)CCCC2)cc1. The van der Waals surface area contributed by atoms with E-state index in [1.54, 1.807) is 12.1 Å². The van der Waals surface area contributed by atoms with E-state index in [4.69, 9.17) is 5.11 Å². The largest absolute Gasteiger partial charge is 0.481 e. The first-order valence-corrected chi connectivity index (χ1v) is 7.56.